The van der Waals surface area contributed by atoms with Gasteiger partial charge in [0.05, 0.1) is 5.02 Å². The zero-order chi connectivity index (χ0) is 13.4. The van der Waals surface area contributed by atoms with Gasteiger partial charge in [0.15, 0.2) is 5.82 Å². The highest BCUT2D eigenvalue weighted by atomic mass is 35.5. The number of barbiturate groups is 1. The smallest absolute Gasteiger partial charge is 0.277 e. The van der Waals surface area contributed by atoms with Crippen LogP contribution < -0.4 is 10.2 Å². The Morgan fingerprint density at radius 3 is 2.44 bits per heavy atom. The minimum Gasteiger partial charge on any atom is -0.277 e. The number of nitrogens with zero attached hydrogens (tertiary/aromatic N) is 1. The van der Waals surface area contributed by atoms with Crippen molar-refractivity contribution < 1.29 is 23.2 Å². The molecular weight excluding hydrogens is 270 g/mol. The zero-order valence-electron chi connectivity index (χ0n) is 8.67. The van der Waals surface area contributed by atoms with Crippen molar-refractivity contribution in [3.8, 4) is 0 Å². The Kier molecular flexibility index (Phi) is 3.00. The van der Waals surface area contributed by atoms with Crippen LogP contribution in [0.25, 0.3) is 0 Å². The second-order valence-corrected chi connectivity index (χ2v) is 3.88. The highest BCUT2D eigenvalue weighted by Crippen LogP contribution is 2.31. The van der Waals surface area contributed by atoms with Crippen molar-refractivity contribution in [3.05, 3.63) is 28.8 Å². The van der Waals surface area contributed by atoms with E-state index in [9.17, 15) is 23.2 Å². The van der Waals surface area contributed by atoms with Gasteiger partial charge in [0.25, 0.3) is 0 Å². The number of rotatable bonds is 1. The second-order valence-electron chi connectivity index (χ2n) is 3.48. The summed E-state index contributed by atoms with van der Waals surface area (Å²) in [4.78, 5) is 34.3. The molecule has 1 heterocycles. The van der Waals surface area contributed by atoms with E-state index >= 15 is 0 Å². The number of halogens is 3. The monoisotopic (exact) mass is 274 g/mol. The fourth-order valence-corrected chi connectivity index (χ4v) is 1.80. The number of amides is 4. The van der Waals surface area contributed by atoms with Gasteiger partial charge in [0.2, 0.25) is 11.8 Å². The Balaban J connectivity index is 2.52. The van der Waals surface area contributed by atoms with E-state index in [0.29, 0.717) is 11.0 Å². The summed E-state index contributed by atoms with van der Waals surface area (Å²) in [5, 5.41) is 1.40. The number of nitrogens with one attached hydrogen (secondary N) is 1. The SMILES string of the molecule is O=C1CC(=O)N(c2c(F)cc(F)cc2Cl)C(=O)N1. The molecule has 8 heteroatoms. The normalized spacial score (nSPS) is 15.9. The lowest BCUT2D eigenvalue weighted by Crippen LogP contribution is -2.53. The third kappa shape index (κ3) is 2.04. The van der Waals surface area contributed by atoms with E-state index < -0.39 is 46.6 Å². The van der Waals surface area contributed by atoms with E-state index in [1.165, 1.54) is 0 Å². The maximum Gasteiger partial charge on any atom is 0.335 e. The second kappa shape index (κ2) is 4.34. The first kappa shape index (κ1) is 12.4. The van der Waals surface area contributed by atoms with Crippen molar-refractivity contribution in [2.24, 2.45) is 0 Å². The number of carbonyl (C=O) groups is 3. The Bertz CT molecular complexity index is 533. The van der Waals surface area contributed by atoms with Crippen molar-refractivity contribution in [1.29, 1.82) is 0 Å². The summed E-state index contributed by atoms with van der Waals surface area (Å²) in [6.07, 6.45) is -0.612. The Morgan fingerprint density at radius 2 is 1.89 bits per heavy atom. The Morgan fingerprint density at radius 1 is 1.22 bits per heavy atom. The fourth-order valence-electron chi connectivity index (χ4n) is 1.52. The molecule has 4 amide bonds. The van der Waals surface area contributed by atoms with Gasteiger partial charge in [0, 0.05) is 6.07 Å². The number of anilines is 1. The molecule has 0 radical (unpaired) electrons. The molecule has 1 aromatic carbocycles. The third-order valence-corrected chi connectivity index (χ3v) is 2.50. The first-order valence-corrected chi connectivity index (χ1v) is 5.09. The van der Waals surface area contributed by atoms with Crippen molar-refractivity contribution in [1.82, 2.24) is 5.32 Å². The van der Waals surface area contributed by atoms with Gasteiger partial charge >= 0.3 is 6.03 Å². The predicted molar refractivity (Wildman–Crippen MR) is 57.0 cm³/mol. The standard InChI is InChI=1S/C10H5ClF2N2O3/c11-5-1-4(12)2-6(13)9(5)15-8(17)3-7(16)14-10(15)18/h1-2H,3H2,(H,14,16,18). The molecule has 5 nitrogen and oxygen atoms in total. The van der Waals surface area contributed by atoms with Gasteiger partial charge in [-0.25, -0.2) is 18.5 Å². The zero-order valence-corrected chi connectivity index (χ0v) is 9.42. The van der Waals surface area contributed by atoms with Gasteiger partial charge in [0.1, 0.15) is 17.9 Å². The van der Waals surface area contributed by atoms with Crippen molar-refractivity contribution in [2.45, 2.75) is 6.42 Å². The number of benzene rings is 1. The van der Waals surface area contributed by atoms with Gasteiger partial charge < -0.3 is 0 Å². The van der Waals surface area contributed by atoms with Gasteiger partial charge in [-0.05, 0) is 6.07 Å². The average Bonchev–Trinajstić information content (AvgIpc) is 2.20. The number of imide groups is 2. The van der Waals surface area contributed by atoms with Crippen molar-refractivity contribution in [2.75, 3.05) is 4.90 Å². The van der Waals surface area contributed by atoms with Crippen LogP contribution in [0.2, 0.25) is 5.02 Å². The largest absolute Gasteiger partial charge is 0.335 e. The van der Waals surface area contributed by atoms with Crippen LogP contribution in [0, 0.1) is 11.6 Å². The fraction of sp³-hybridized carbons (Fsp3) is 0.100. The molecule has 1 aliphatic rings. The first-order valence-electron chi connectivity index (χ1n) is 4.71. The summed E-state index contributed by atoms with van der Waals surface area (Å²) in [7, 11) is 0. The summed E-state index contributed by atoms with van der Waals surface area (Å²) in [6, 6.07) is 0.124. The van der Waals surface area contributed by atoms with Crippen LogP contribution >= 0.6 is 11.6 Å². The summed E-state index contributed by atoms with van der Waals surface area (Å²) in [6.45, 7) is 0. The third-order valence-electron chi connectivity index (χ3n) is 2.22. The quantitative estimate of drug-likeness (QED) is 0.791. The van der Waals surface area contributed by atoms with E-state index in [-0.39, 0.29) is 0 Å². The average molecular weight is 275 g/mol. The maximum atomic E-state index is 13.6. The Labute approximate surface area is 104 Å². The molecule has 1 N–H and O–H groups in total. The summed E-state index contributed by atoms with van der Waals surface area (Å²) in [5.41, 5.74) is -0.576. The highest BCUT2D eigenvalue weighted by Gasteiger charge is 2.35. The lowest BCUT2D eigenvalue weighted by atomic mass is 10.2. The van der Waals surface area contributed by atoms with E-state index in [1.807, 2.05) is 5.32 Å². The van der Waals surface area contributed by atoms with Gasteiger partial charge in [-0.15, -0.1) is 0 Å². The molecule has 0 unspecified atom stereocenters. The van der Waals surface area contributed by atoms with Crippen LogP contribution in [-0.2, 0) is 9.59 Å². The molecule has 1 fully saturated rings. The predicted octanol–water partition coefficient (Wildman–Crippen LogP) is 1.59. The van der Waals surface area contributed by atoms with Crippen LogP contribution in [0.15, 0.2) is 12.1 Å². The van der Waals surface area contributed by atoms with Crippen molar-refractivity contribution >= 4 is 35.1 Å². The molecule has 1 aliphatic heterocycles. The molecule has 1 saturated heterocycles. The van der Waals surface area contributed by atoms with Crippen LogP contribution in [0.1, 0.15) is 6.42 Å². The Hall–Kier alpha value is -2.02. The van der Waals surface area contributed by atoms with Crippen LogP contribution in [0.4, 0.5) is 19.3 Å². The molecule has 2 rings (SSSR count). The van der Waals surface area contributed by atoms with Gasteiger partial charge in [-0.3, -0.25) is 14.9 Å². The number of carbonyl (C=O) groups excluding carboxylic acids is 3. The van der Waals surface area contributed by atoms with Gasteiger partial charge in [-0.2, -0.15) is 0 Å². The molecule has 0 aliphatic carbocycles. The summed E-state index contributed by atoms with van der Waals surface area (Å²) < 4.78 is 26.4. The molecule has 0 aromatic heterocycles. The summed E-state index contributed by atoms with van der Waals surface area (Å²) in [5.74, 6) is -3.84. The number of hydrogen-bond donors (Lipinski definition) is 1. The lowest BCUT2D eigenvalue weighted by Gasteiger charge is -2.25. The van der Waals surface area contributed by atoms with Crippen molar-refractivity contribution in [3.63, 3.8) is 0 Å². The van der Waals surface area contributed by atoms with Crippen LogP contribution in [0.3, 0.4) is 0 Å². The molecule has 18 heavy (non-hydrogen) atoms. The lowest BCUT2D eigenvalue weighted by molar-refractivity contribution is -0.128. The molecule has 0 atom stereocenters. The van der Waals surface area contributed by atoms with E-state index in [0.717, 1.165) is 6.07 Å². The molecular formula is C10H5ClF2N2O3. The molecule has 1 aromatic rings. The van der Waals surface area contributed by atoms with E-state index in [1.54, 1.807) is 0 Å². The van der Waals surface area contributed by atoms with E-state index in [2.05, 4.69) is 0 Å². The minimum atomic E-state index is -1.17. The van der Waals surface area contributed by atoms with Gasteiger partial charge in [-0.1, -0.05) is 11.6 Å². The van der Waals surface area contributed by atoms with E-state index in [4.69, 9.17) is 11.6 Å². The molecule has 0 saturated carbocycles. The maximum absolute atomic E-state index is 13.6. The first-order chi connectivity index (χ1) is 8.40. The molecule has 0 spiro atoms. The number of hydrogen-bond acceptors (Lipinski definition) is 3. The topological polar surface area (TPSA) is 66.5 Å². The minimum absolute atomic E-state index is 0.374. The highest BCUT2D eigenvalue weighted by molar-refractivity contribution is 6.36. The number of urea groups is 1. The van der Waals surface area contributed by atoms with Crippen LogP contribution in [0.5, 0.6) is 0 Å². The molecule has 0 bridgehead atoms. The van der Waals surface area contributed by atoms with Crippen LogP contribution in [-0.4, -0.2) is 17.8 Å². The molecule has 94 valence electrons. The summed E-state index contributed by atoms with van der Waals surface area (Å²) >= 11 is 5.60.